The maximum atomic E-state index is 13.6. The highest BCUT2D eigenvalue weighted by atomic mass is 32.2. The summed E-state index contributed by atoms with van der Waals surface area (Å²) in [6.45, 7) is 10.5. The van der Waals surface area contributed by atoms with Crippen molar-refractivity contribution in [2.45, 2.75) is 78.9 Å². The molecule has 0 aliphatic carbocycles. The average Bonchev–Trinajstić information content (AvgIpc) is 2.87. The second kappa shape index (κ2) is 14.8. The third-order valence-electron chi connectivity index (χ3n) is 6.45. The molecule has 0 spiro atoms. The summed E-state index contributed by atoms with van der Waals surface area (Å²) in [5.41, 5.74) is 2.49. The van der Waals surface area contributed by atoms with Crippen molar-refractivity contribution in [1.29, 1.82) is 0 Å². The van der Waals surface area contributed by atoms with Crippen LogP contribution in [0.5, 0.6) is 5.75 Å². The van der Waals surface area contributed by atoms with Gasteiger partial charge in [-0.1, -0.05) is 55.8 Å². The summed E-state index contributed by atoms with van der Waals surface area (Å²) in [6, 6.07) is 14.2. The highest BCUT2D eigenvalue weighted by molar-refractivity contribution is 7.92. The van der Waals surface area contributed by atoms with E-state index in [2.05, 4.69) is 5.32 Å². The second-order valence-electron chi connectivity index (χ2n) is 9.59. The van der Waals surface area contributed by atoms with Gasteiger partial charge in [-0.15, -0.1) is 0 Å². The number of sulfonamides is 1. The predicted octanol–water partition coefficient (Wildman–Crippen LogP) is 4.66. The molecule has 0 saturated carbocycles. The Morgan fingerprint density at radius 2 is 1.66 bits per heavy atom. The molecule has 0 fully saturated rings. The van der Waals surface area contributed by atoms with Crippen LogP contribution in [-0.4, -0.2) is 56.6 Å². The Labute approximate surface area is 228 Å². The molecule has 0 aliphatic rings. The monoisotopic (exact) mass is 545 g/mol. The summed E-state index contributed by atoms with van der Waals surface area (Å²) in [4.78, 5) is 28.3. The fourth-order valence-electron chi connectivity index (χ4n) is 4.17. The topological polar surface area (TPSA) is 96.0 Å². The first kappa shape index (κ1) is 31.1. The molecule has 2 aromatic rings. The molecule has 2 atom stereocenters. The summed E-state index contributed by atoms with van der Waals surface area (Å²) >= 11 is 0. The second-order valence-corrected chi connectivity index (χ2v) is 11.5. The lowest BCUT2D eigenvalue weighted by molar-refractivity contribution is -0.141. The molecule has 0 heterocycles. The van der Waals surface area contributed by atoms with E-state index in [0.29, 0.717) is 37.4 Å². The largest absolute Gasteiger partial charge is 0.492 e. The number of amides is 2. The molecule has 1 N–H and O–H groups in total. The lowest BCUT2D eigenvalue weighted by Crippen LogP contribution is -2.50. The first-order chi connectivity index (χ1) is 18.0. The average molecular weight is 546 g/mol. The number of nitrogens with zero attached hydrogens (tertiary/aromatic N) is 2. The summed E-state index contributed by atoms with van der Waals surface area (Å²) < 4.78 is 32.2. The number of ether oxygens (including phenoxy) is 1. The van der Waals surface area contributed by atoms with Crippen LogP contribution < -0.4 is 14.4 Å². The Bertz CT molecular complexity index is 1150. The normalized spacial score (nSPS) is 12.9. The molecule has 0 aromatic heterocycles. The number of nitrogens with one attached hydrogen (secondary N) is 1. The SMILES string of the molecule is CCOc1ccccc1N(CCCC(=O)N(Cc1ccc(C)cc1)[C@H](CC)C(=O)N[C@H](C)CC)S(C)(=O)=O. The molecule has 210 valence electrons. The standard InChI is InChI=1S/C29H43N3O5S/c1-7-23(5)30-29(34)25(8-2)31(21-24-18-16-22(4)17-19-24)28(33)15-12-20-32(38(6,35)36)26-13-10-11-14-27(26)37-9-3/h10-11,13-14,16-19,23,25H,7-9,12,15,20-21H2,1-6H3,(H,30,34)/t23-,25-/m1/s1. The van der Waals surface area contributed by atoms with Crippen molar-refractivity contribution in [1.82, 2.24) is 10.2 Å². The van der Waals surface area contributed by atoms with Gasteiger partial charge in [0.15, 0.2) is 0 Å². The van der Waals surface area contributed by atoms with Crippen LogP contribution in [0.2, 0.25) is 0 Å². The molecule has 0 aliphatic heterocycles. The molecule has 2 amide bonds. The van der Waals surface area contributed by atoms with Crippen LogP contribution in [0.4, 0.5) is 5.69 Å². The van der Waals surface area contributed by atoms with Crippen LogP contribution in [-0.2, 0) is 26.2 Å². The van der Waals surface area contributed by atoms with E-state index in [9.17, 15) is 18.0 Å². The van der Waals surface area contributed by atoms with Gasteiger partial charge in [0.1, 0.15) is 11.8 Å². The molecule has 2 aromatic carbocycles. The van der Waals surface area contributed by atoms with Crippen LogP contribution in [0.25, 0.3) is 0 Å². The first-order valence-corrected chi connectivity index (χ1v) is 15.2. The van der Waals surface area contributed by atoms with Crippen molar-refractivity contribution in [2.75, 3.05) is 23.7 Å². The Hall–Kier alpha value is -3.07. The van der Waals surface area contributed by atoms with Gasteiger partial charge >= 0.3 is 0 Å². The van der Waals surface area contributed by atoms with Crippen molar-refractivity contribution in [3.05, 3.63) is 59.7 Å². The lowest BCUT2D eigenvalue weighted by atomic mass is 10.1. The third-order valence-corrected chi connectivity index (χ3v) is 7.63. The minimum atomic E-state index is -3.62. The van der Waals surface area contributed by atoms with E-state index in [4.69, 9.17) is 4.74 Å². The van der Waals surface area contributed by atoms with Crippen molar-refractivity contribution in [3.63, 3.8) is 0 Å². The molecule has 0 unspecified atom stereocenters. The van der Waals surface area contributed by atoms with Gasteiger partial charge in [-0.25, -0.2) is 8.42 Å². The fraction of sp³-hybridized carbons (Fsp3) is 0.517. The Kier molecular flexibility index (Phi) is 12.1. The fourth-order valence-corrected chi connectivity index (χ4v) is 5.14. The van der Waals surface area contributed by atoms with Gasteiger partial charge in [0.2, 0.25) is 21.8 Å². The van der Waals surface area contributed by atoms with Crippen LogP contribution in [0.3, 0.4) is 0 Å². The van der Waals surface area contributed by atoms with Gasteiger partial charge in [0.05, 0.1) is 18.6 Å². The Morgan fingerprint density at radius 3 is 2.24 bits per heavy atom. The van der Waals surface area contributed by atoms with Crippen molar-refractivity contribution < 1.29 is 22.7 Å². The van der Waals surface area contributed by atoms with E-state index in [-0.39, 0.29) is 30.8 Å². The lowest BCUT2D eigenvalue weighted by Gasteiger charge is -2.32. The predicted molar refractivity (Wildman–Crippen MR) is 153 cm³/mol. The van der Waals surface area contributed by atoms with E-state index in [1.807, 2.05) is 58.9 Å². The number of benzene rings is 2. The summed E-state index contributed by atoms with van der Waals surface area (Å²) in [6.07, 6.45) is 2.80. The Balaban J connectivity index is 2.25. The number of carbonyl (C=O) groups is 2. The van der Waals surface area contributed by atoms with Crippen molar-refractivity contribution in [2.24, 2.45) is 0 Å². The zero-order valence-corrected chi connectivity index (χ0v) is 24.4. The molecule has 0 radical (unpaired) electrons. The van der Waals surface area contributed by atoms with E-state index < -0.39 is 16.1 Å². The number of para-hydroxylation sites is 2. The molecular formula is C29H43N3O5S. The summed E-state index contributed by atoms with van der Waals surface area (Å²) in [5, 5.41) is 3.01. The van der Waals surface area contributed by atoms with Gasteiger partial charge in [0.25, 0.3) is 0 Å². The van der Waals surface area contributed by atoms with Crippen LogP contribution >= 0.6 is 0 Å². The zero-order valence-electron chi connectivity index (χ0n) is 23.6. The summed E-state index contributed by atoms with van der Waals surface area (Å²) in [5.74, 6) is 0.106. The van der Waals surface area contributed by atoms with Gasteiger partial charge in [-0.2, -0.15) is 0 Å². The summed E-state index contributed by atoms with van der Waals surface area (Å²) in [7, 11) is -3.62. The van der Waals surface area contributed by atoms with Gasteiger partial charge in [-0.05, 0) is 57.7 Å². The van der Waals surface area contributed by atoms with E-state index in [1.54, 1.807) is 29.2 Å². The number of carbonyl (C=O) groups excluding carboxylic acids is 2. The van der Waals surface area contributed by atoms with Crippen LogP contribution in [0, 0.1) is 6.92 Å². The van der Waals surface area contributed by atoms with Crippen LogP contribution in [0.15, 0.2) is 48.5 Å². The Morgan fingerprint density at radius 1 is 1.00 bits per heavy atom. The first-order valence-electron chi connectivity index (χ1n) is 13.4. The van der Waals surface area contributed by atoms with E-state index in [1.165, 1.54) is 4.31 Å². The number of aryl methyl sites for hydroxylation is 1. The molecule has 9 heteroatoms. The molecular weight excluding hydrogens is 502 g/mol. The highest BCUT2D eigenvalue weighted by Gasteiger charge is 2.29. The molecule has 38 heavy (non-hydrogen) atoms. The number of hydrogen-bond donors (Lipinski definition) is 1. The molecule has 0 saturated heterocycles. The van der Waals surface area contributed by atoms with Crippen LogP contribution in [0.1, 0.15) is 64.5 Å². The molecule has 2 rings (SSSR count). The molecule has 8 nitrogen and oxygen atoms in total. The number of rotatable bonds is 15. The highest BCUT2D eigenvalue weighted by Crippen LogP contribution is 2.30. The smallest absolute Gasteiger partial charge is 0.243 e. The minimum Gasteiger partial charge on any atom is -0.492 e. The van der Waals surface area contributed by atoms with E-state index in [0.717, 1.165) is 23.8 Å². The number of anilines is 1. The van der Waals surface area contributed by atoms with Gasteiger partial charge in [-0.3, -0.25) is 13.9 Å². The van der Waals surface area contributed by atoms with E-state index >= 15 is 0 Å². The van der Waals surface area contributed by atoms with Crippen molar-refractivity contribution in [3.8, 4) is 5.75 Å². The minimum absolute atomic E-state index is 0.00149. The van der Waals surface area contributed by atoms with Crippen molar-refractivity contribution >= 4 is 27.5 Å². The zero-order chi connectivity index (χ0) is 28.3. The quantitative estimate of drug-likeness (QED) is 0.351. The number of hydrogen-bond acceptors (Lipinski definition) is 5. The maximum Gasteiger partial charge on any atom is 0.243 e. The molecule has 0 bridgehead atoms. The third kappa shape index (κ3) is 9.04. The van der Waals surface area contributed by atoms with Gasteiger partial charge in [0, 0.05) is 25.6 Å². The van der Waals surface area contributed by atoms with Gasteiger partial charge < -0.3 is 15.0 Å². The maximum absolute atomic E-state index is 13.6.